The van der Waals surface area contributed by atoms with Gasteiger partial charge in [-0.3, -0.25) is 4.79 Å². The molecule has 4 fully saturated rings. The van der Waals surface area contributed by atoms with Crippen molar-refractivity contribution in [2.75, 3.05) is 6.61 Å². The van der Waals surface area contributed by atoms with Crippen molar-refractivity contribution in [3.8, 4) is 11.5 Å². The van der Waals surface area contributed by atoms with Crippen molar-refractivity contribution >= 4 is 5.78 Å². The van der Waals surface area contributed by atoms with Crippen LogP contribution in [0.4, 0.5) is 0 Å². The Kier molecular flexibility index (Phi) is 7.52. The van der Waals surface area contributed by atoms with Gasteiger partial charge in [-0.15, -0.1) is 0 Å². The van der Waals surface area contributed by atoms with Gasteiger partial charge in [0.05, 0.1) is 12.2 Å². The molecule has 2 N–H and O–H groups in total. The molecule has 5 aliphatic rings. The number of carbonyl (C=O) groups excluding carboxylic acids is 1. The summed E-state index contributed by atoms with van der Waals surface area (Å²) in [6.45, 7) is 12.3. The summed E-state index contributed by atoms with van der Waals surface area (Å²) >= 11 is 0. The number of hydrogen-bond donors (Lipinski definition) is 2. The second-order valence-corrected chi connectivity index (χ2v) is 14.9. The zero-order valence-electron chi connectivity index (χ0n) is 26.9. The fourth-order valence-electron chi connectivity index (χ4n) is 9.91. The maximum absolute atomic E-state index is 13.8. The number of Topliss-reactive ketones (excluding diaryl/α,β-unsaturated/α-hetero) is 1. The Morgan fingerprint density at radius 2 is 1.78 bits per heavy atom. The molecule has 7 rings (SSSR count). The number of aliphatic hydroxyl groups is 2. The van der Waals surface area contributed by atoms with E-state index in [-0.39, 0.29) is 29.0 Å². The molecule has 2 aromatic rings. The van der Waals surface area contributed by atoms with Gasteiger partial charge in [0.15, 0.2) is 17.7 Å². The molecule has 6 heteroatoms. The summed E-state index contributed by atoms with van der Waals surface area (Å²) < 4.78 is 19.4. The first-order valence-corrected chi connectivity index (χ1v) is 16.6. The highest BCUT2D eigenvalue weighted by Gasteiger charge is 2.75. The number of hydrogen-bond acceptors (Lipinski definition) is 6. The van der Waals surface area contributed by atoms with Gasteiger partial charge in [0.2, 0.25) is 0 Å². The summed E-state index contributed by atoms with van der Waals surface area (Å²) in [6, 6.07) is 15.8. The molecule has 238 valence electrons. The smallest absolute Gasteiger partial charge is 0.193 e. The van der Waals surface area contributed by atoms with Gasteiger partial charge in [-0.05, 0) is 85.3 Å². The Morgan fingerprint density at radius 3 is 2.44 bits per heavy atom. The SMILES string of the molecule is C=C1C=C[C@@]2(C)C(=C1)CC[C@@H]1[C@@H]2[C@@H](O)C[C@@]2(C)[C@H]1C[C@H]1OC(c3ccc(Oc4ccc(CC(C)C)cc4)cc3)O[C@]12C(=O)CO. The van der Waals surface area contributed by atoms with Crippen LogP contribution in [0, 0.1) is 34.5 Å². The molecule has 1 heterocycles. The Labute approximate surface area is 266 Å². The molecule has 4 aliphatic carbocycles. The molecule has 0 radical (unpaired) electrons. The minimum absolute atomic E-state index is 0.0368. The lowest BCUT2D eigenvalue weighted by atomic mass is 9.46. The van der Waals surface area contributed by atoms with Crippen LogP contribution in [-0.4, -0.2) is 40.4 Å². The molecule has 1 unspecified atom stereocenters. The van der Waals surface area contributed by atoms with Crippen LogP contribution >= 0.6 is 0 Å². The molecule has 0 spiro atoms. The van der Waals surface area contributed by atoms with Gasteiger partial charge in [-0.1, -0.05) is 82.3 Å². The molecule has 0 aromatic heterocycles. The number of ketones is 1. The second-order valence-electron chi connectivity index (χ2n) is 14.9. The highest BCUT2D eigenvalue weighted by Crippen LogP contribution is 2.70. The van der Waals surface area contributed by atoms with E-state index in [0.29, 0.717) is 24.5 Å². The number of carbonyl (C=O) groups is 1. The molecule has 0 amide bonds. The quantitative estimate of drug-likeness (QED) is 0.343. The van der Waals surface area contributed by atoms with E-state index < -0.39 is 36.1 Å². The van der Waals surface area contributed by atoms with E-state index in [1.54, 1.807) is 0 Å². The van der Waals surface area contributed by atoms with Crippen LogP contribution in [0.1, 0.15) is 70.8 Å². The molecule has 2 aromatic carbocycles. The van der Waals surface area contributed by atoms with Crippen LogP contribution in [0.15, 0.2) is 84.5 Å². The predicted molar refractivity (Wildman–Crippen MR) is 173 cm³/mol. The Bertz CT molecular complexity index is 1540. The van der Waals surface area contributed by atoms with Crippen molar-refractivity contribution in [3.05, 3.63) is 95.6 Å². The van der Waals surface area contributed by atoms with E-state index in [0.717, 1.165) is 36.1 Å². The molecule has 0 bridgehead atoms. The molecular formula is C39H46O6. The molecule has 6 nitrogen and oxygen atoms in total. The van der Waals surface area contributed by atoms with Crippen molar-refractivity contribution in [2.45, 2.75) is 83.9 Å². The number of aliphatic hydroxyl groups excluding tert-OH is 2. The van der Waals surface area contributed by atoms with Gasteiger partial charge >= 0.3 is 0 Å². The average Bonchev–Trinajstić information content (AvgIpc) is 3.51. The highest BCUT2D eigenvalue weighted by atomic mass is 16.7. The fourth-order valence-corrected chi connectivity index (χ4v) is 9.91. The first-order valence-electron chi connectivity index (χ1n) is 16.6. The molecule has 9 atom stereocenters. The lowest BCUT2D eigenvalue weighted by molar-refractivity contribution is -0.201. The maximum atomic E-state index is 13.8. The standard InChI is InChI=1S/C39H46O6/c1-23(2)18-25-6-11-28(12-7-25)43-29-13-8-26(9-14-29)36-44-34-20-31-30-15-10-27-19-24(3)16-17-37(27,4)35(30)32(41)21-38(31,5)39(34,45-36)33(42)22-40/h6-9,11-14,16-17,19,23,30-32,34-36,40-41H,3,10,15,18,20-22H2,1-2,4-5H3/t30-,31-,32-,34+,35+,36?,37-,38-,39+/m0/s1. The minimum Gasteiger partial charge on any atom is -0.457 e. The third kappa shape index (κ3) is 4.71. The largest absolute Gasteiger partial charge is 0.457 e. The van der Waals surface area contributed by atoms with E-state index in [1.165, 1.54) is 11.1 Å². The van der Waals surface area contributed by atoms with Gasteiger partial charge in [0.1, 0.15) is 18.1 Å². The van der Waals surface area contributed by atoms with Gasteiger partial charge in [0, 0.05) is 22.3 Å². The fraction of sp³-hybridized carbons (Fsp3) is 0.513. The average molecular weight is 611 g/mol. The van der Waals surface area contributed by atoms with E-state index in [2.05, 4.69) is 64.6 Å². The Hall–Kier alpha value is -3.03. The Morgan fingerprint density at radius 1 is 1.09 bits per heavy atom. The Balaban J connectivity index is 1.13. The van der Waals surface area contributed by atoms with E-state index in [4.69, 9.17) is 14.2 Å². The molecule has 1 aliphatic heterocycles. The predicted octanol–water partition coefficient (Wildman–Crippen LogP) is 7.27. The second kappa shape index (κ2) is 11.0. The van der Waals surface area contributed by atoms with Crippen LogP contribution < -0.4 is 4.74 Å². The van der Waals surface area contributed by atoms with Crippen molar-refractivity contribution in [2.24, 2.45) is 34.5 Å². The normalized spacial score (nSPS) is 38.3. The van der Waals surface area contributed by atoms with Gasteiger partial charge < -0.3 is 24.4 Å². The molecule has 3 saturated carbocycles. The zero-order chi connectivity index (χ0) is 31.7. The summed E-state index contributed by atoms with van der Waals surface area (Å²) in [7, 11) is 0. The number of ether oxygens (including phenoxy) is 3. The zero-order valence-corrected chi connectivity index (χ0v) is 26.9. The first kappa shape index (κ1) is 30.6. The first-order chi connectivity index (χ1) is 21.5. The maximum Gasteiger partial charge on any atom is 0.193 e. The van der Waals surface area contributed by atoms with Gasteiger partial charge in [-0.25, -0.2) is 0 Å². The monoisotopic (exact) mass is 610 g/mol. The third-order valence-corrected chi connectivity index (χ3v) is 11.8. The van der Waals surface area contributed by atoms with Crippen LogP contribution in [-0.2, 0) is 20.7 Å². The van der Waals surface area contributed by atoms with Crippen molar-refractivity contribution in [1.82, 2.24) is 0 Å². The number of rotatable bonds is 7. The van der Waals surface area contributed by atoms with Gasteiger partial charge in [-0.2, -0.15) is 0 Å². The number of fused-ring (bicyclic) bond motifs is 7. The number of benzene rings is 2. The summed E-state index contributed by atoms with van der Waals surface area (Å²) in [4.78, 5) is 13.8. The minimum atomic E-state index is -1.33. The lowest BCUT2D eigenvalue weighted by Crippen LogP contribution is -2.63. The van der Waals surface area contributed by atoms with E-state index in [9.17, 15) is 15.0 Å². The van der Waals surface area contributed by atoms with Gasteiger partial charge in [0.25, 0.3) is 0 Å². The topological polar surface area (TPSA) is 85.2 Å². The molecule has 1 saturated heterocycles. The molecule has 45 heavy (non-hydrogen) atoms. The van der Waals surface area contributed by atoms with Crippen LogP contribution in [0.25, 0.3) is 0 Å². The van der Waals surface area contributed by atoms with Crippen LogP contribution in [0.3, 0.4) is 0 Å². The third-order valence-electron chi connectivity index (χ3n) is 11.8. The van der Waals surface area contributed by atoms with E-state index in [1.807, 2.05) is 36.4 Å². The summed E-state index contributed by atoms with van der Waals surface area (Å²) in [6.07, 6.45) is 8.59. The summed E-state index contributed by atoms with van der Waals surface area (Å²) in [5.74, 6) is 2.06. The molecular weight excluding hydrogens is 564 g/mol. The summed E-state index contributed by atoms with van der Waals surface area (Å²) in [5.41, 5.74) is 2.15. The van der Waals surface area contributed by atoms with Crippen molar-refractivity contribution in [3.63, 3.8) is 0 Å². The van der Waals surface area contributed by atoms with Crippen molar-refractivity contribution in [1.29, 1.82) is 0 Å². The summed E-state index contributed by atoms with van der Waals surface area (Å²) in [5, 5.41) is 22.2. The van der Waals surface area contributed by atoms with Crippen molar-refractivity contribution < 1.29 is 29.2 Å². The highest BCUT2D eigenvalue weighted by molar-refractivity contribution is 5.91. The number of allylic oxidation sites excluding steroid dienone is 5. The van der Waals surface area contributed by atoms with E-state index >= 15 is 0 Å². The van der Waals surface area contributed by atoms with Crippen LogP contribution in [0.5, 0.6) is 11.5 Å². The van der Waals surface area contributed by atoms with Crippen LogP contribution in [0.2, 0.25) is 0 Å². The lowest BCUT2D eigenvalue weighted by Gasteiger charge is -2.59.